The molecule has 0 atom stereocenters. The van der Waals surface area contributed by atoms with E-state index in [0.29, 0.717) is 13.0 Å². The summed E-state index contributed by atoms with van der Waals surface area (Å²) in [7, 11) is 1.65. The van der Waals surface area contributed by atoms with Crippen LogP contribution < -0.4 is 0 Å². The Kier molecular flexibility index (Phi) is 4.86. The Balaban J connectivity index is 2.10. The molecule has 0 radical (unpaired) electrons. The second kappa shape index (κ2) is 6.43. The topological polar surface area (TPSA) is 53.4 Å². The monoisotopic (exact) mass is 330 g/mol. The molecule has 0 unspecified atom stereocenters. The second-order valence-corrected chi connectivity index (χ2v) is 6.01. The Bertz CT molecular complexity index is 594. The first-order chi connectivity index (χ1) is 9.49. The Hall–Kier alpha value is -1.30. The predicted molar refractivity (Wildman–Crippen MR) is 80.9 cm³/mol. The van der Waals surface area contributed by atoms with Gasteiger partial charge in [-0.25, -0.2) is 4.98 Å². The van der Waals surface area contributed by atoms with Crippen LogP contribution >= 0.6 is 34.5 Å². The SMILES string of the molecule is CN(CCc1nccs1)C(=O)c1c(O)cc(Cl)cc1Cl. The summed E-state index contributed by atoms with van der Waals surface area (Å²) in [5, 5.41) is 13.1. The highest BCUT2D eigenvalue weighted by atomic mass is 35.5. The molecule has 1 aromatic carbocycles. The van der Waals surface area contributed by atoms with Gasteiger partial charge in [-0.15, -0.1) is 11.3 Å². The van der Waals surface area contributed by atoms with E-state index in [1.807, 2.05) is 5.38 Å². The molecule has 0 bridgehead atoms. The van der Waals surface area contributed by atoms with Gasteiger partial charge in [0, 0.05) is 36.6 Å². The minimum Gasteiger partial charge on any atom is -0.507 e. The van der Waals surface area contributed by atoms with E-state index in [-0.39, 0.29) is 27.3 Å². The molecule has 0 aliphatic rings. The van der Waals surface area contributed by atoms with Gasteiger partial charge < -0.3 is 10.0 Å². The van der Waals surface area contributed by atoms with Crippen LogP contribution in [-0.2, 0) is 6.42 Å². The highest BCUT2D eigenvalue weighted by molar-refractivity contribution is 7.09. The third-order valence-corrected chi connectivity index (χ3v) is 4.10. The average molecular weight is 331 g/mol. The number of thiazole rings is 1. The standard InChI is InChI=1S/C13H12Cl2N2O2S/c1-17(4-2-11-16-3-5-20-11)13(19)12-9(15)6-8(14)7-10(12)18/h3,5-7,18H,2,4H2,1H3. The van der Waals surface area contributed by atoms with Gasteiger partial charge >= 0.3 is 0 Å². The molecule has 1 N–H and O–H groups in total. The molecule has 106 valence electrons. The molecular formula is C13H12Cl2N2O2S. The number of phenols is 1. The fourth-order valence-corrected chi connectivity index (χ4v) is 2.88. The first-order valence-corrected chi connectivity index (χ1v) is 7.44. The first kappa shape index (κ1) is 15.1. The van der Waals surface area contributed by atoms with Crippen LogP contribution in [0.3, 0.4) is 0 Å². The molecule has 4 nitrogen and oxygen atoms in total. The van der Waals surface area contributed by atoms with Crippen LogP contribution in [0.1, 0.15) is 15.4 Å². The number of rotatable bonds is 4. The molecule has 2 aromatic rings. The summed E-state index contributed by atoms with van der Waals surface area (Å²) in [6, 6.07) is 2.74. The lowest BCUT2D eigenvalue weighted by molar-refractivity contribution is 0.0794. The van der Waals surface area contributed by atoms with Gasteiger partial charge in [-0.1, -0.05) is 23.2 Å². The second-order valence-electron chi connectivity index (χ2n) is 4.18. The number of hydrogen-bond donors (Lipinski definition) is 1. The molecule has 1 aromatic heterocycles. The molecule has 1 amide bonds. The Morgan fingerprint density at radius 3 is 2.80 bits per heavy atom. The van der Waals surface area contributed by atoms with Gasteiger partial charge in [-0.05, 0) is 12.1 Å². The van der Waals surface area contributed by atoms with Crippen LogP contribution in [-0.4, -0.2) is 34.5 Å². The highest BCUT2D eigenvalue weighted by Crippen LogP contribution is 2.30. The van der Waals surface area contributed by atoms with Crippen LogP contribution in [0.5, 0.6) is 5.75 Å². The number of hydrogen-bond acceptors (Lipinski definition) is 4. The number of amides is 1. The van der Waals surface area contributed by atoms with E-state index in [1.165, 1.54) is 28.4 Å². The maximum atomic E-state index is 12.3. The molecule has 0 spiro atoms. The summed E-state index contributed by atoms with van der Waals surface area (Å²) < 4.78 is 0. The Labute approximate surface area is 130 Å². The van der Waals surface area contributed by atoms with Crippen molar-refractivity contribution in [2.75, 3.05) is 13.6 Å². The first-order valence-electron chi connectivity index (χ1n) is 5.81. The number of likely N-dealkylation sites (N-methyl/N-ethyl adjacent to an activating group) is 1. The molecule has 7 heteroatoms. The van der Waals surface area contributed by atoms with Crippen LogP contribution in [0.2, 0.25) is 10.0 Å². The Morgan fingerprint density at radius 2 is 2.20 bits per heavy atom. The predicted octanol–water partition coefficient (Wildman–Crippen LogP) is 3.47. The molecule has 0 saturated carbocycles. The number of nitrogens with zero attached hydrogens (tertiary/aromatic N) is 2. The third kappa shape index (κ3) is 3.42. The number of aromatic hydroxyl groups is 1. The van der Waals surface area contributed by atoms with Crippen molar-refractivity contribution < 1.29 is 9.90 Å². The number of phenolic OH excluding ortho intramolecular Hbond substituents is 1. The average Bonchev–Trinajstić information content (AvgIpc) is 2.87. The Morgan fingerprint density at radius 1 is 1.45 bits per heavy atom. The zero-order valence-electron chi connectivity index (χ0n) is 10.6. The molecule has 0 saturated heterocycles. The quantitative estimate of drug-likeness (QED) is 0.933. The minimum atomic E-state index is -0.347. The summed E-state index contributed by atoms with van der Waals surface area (Å²) in [6.45, 7) is 0.491. The largest absolute Gasteiger partial charge is 0.507 e. The van der Waals surface area contributed by atoms with Gasteiger partial charge in [0.05, 0.1) is 15.6 Å². The minimum absolute atomic E-state index is 0.0673. The van der Waals surface area contributed by atoms with Crippen molar-refractivity contribution in [1.82, 2.24) is 9.88 Å². The van der Waals surface area contributed by atoms with E-state index in [0.717, 1.165) is 5.01 Å². The lowest BCUT2D eigenvalue weighted by Gasteiger charge is -2.18. The van der Waals surface area contributed by atoms with Gasteiger partial charge in [0.2, 0.25) is 0 Å². The van der Waals surface area contributed by atoms with Crippen molar-refractivity contribution in [2.24, 2.45) is 0 Å². The van der Waals surface area contributed by atoms with Crippen LogP contribution in [0.4, 0.5) is 0 Å². The number of carbonyl (C=O) groups excluding carboxylic acids is 1. The van der Waals surface area contributed by atoms with Gasteiger partial charge in [0.25, 0.3) is 5.91 Å². The lowest BCUT2D eigenvalue weighted by Crippen LogP contribution is -2.29. The van der Waals surface area contributed by atoms with Crippen molar-refractivity contribution in [2.45, 2.75) is 6.42 Å². The highest BCUT2D eigenvalue weighted by Gasteiger charge is 2.20. The van der Waals surface area contributed by atoms with E-state index >= 15 is 0 Å². The summed E-state index contributed by atoms with van der Waals surface area (Å²) in [5.74, 6) is -0.561. The fraction of sp³-hybridized carbons (Fsp3) is 0.231. The molecule has 0 aliphatic heterocycles. The number of halogens is 2. The van der Waals surface area contributed by atoms with Crippen molar-refractivity contribution in [3.63, 3.8) is 0 Å². The van der Waals surface area contributed by atoms with Gasteiger partial charge in [-0.2, -0.15) is 0 Å². The molecule has 0 aliphatic carbocycles. The smallest absolute Gasteiger partial charge is 0.258 e. The van der Waals surface area contributed by atoms with E-state index in [1.54, 1.807) is 13.2 Å². The molecule has 20 heavy (non-hydrogen) atoms. The zero-order chi connectivity index (χ0) is 14.7. The lowest BCUT2D eigenvalue weighted by atomic mass is 10.1. The molecule has 0 fully saturated rings. The van der Waals surface area contributed by atoms with Crippen LogP contribution in [0.15, 0.2) is 23.7 Å². The fourth-order valence-electron chi connectivity index (χ4n) is 1.70. The summed E-state index contributed by atoms with van der Waals surface area (Å²) in [4.78, 5) is 17.9. The number of benzene rings is 1. The van der Waals surface area contributed by atoms with E-state index < -0.39 is 0 Å². The van der Waals surface area contributed by atoms with Crippen LogP contribution in [0.25, 0.3) is 0 Å². The van der Waals surface area contributed by atoms with Gasteiger partial charge in [0.1, 0.15) is 5.75 Å². The van der Waals surface area contributed by atoms with Crippen molar-refractivity contribution in [3.8, 4) is 5.75 Å². The zero-order valence-corrected chi connectivity index (χ0v) is 13.0. The number of aromatic nitrogens is 1. The van der Waals surface area contributed by atoms with Gasteiger partial charge in [-0.3, -0.25) is 4.79 Å². The summed E-state index contributed by atoms with van der Waals surface area (Å²) in [6.07, 6.45) is 2.38. The number of carbonyl (C=O) groups is 1. The van der Waals surface area contributed by atoms with Crippen molar-refractivity contribution in [3.05, 3.63) is 44.3 Å². The maximum Gasteiger partial charge on any atom is 0.258 e. The van der Waals surface area contributed by atoms with Gasteiger partial charge in [0.15, 0.2) is 0 Å². The molecule has 1 heterocycles. The van der Waals surface area contributed by atoms with Crippen LogP contribution in [0, 0.1) is 0 Å². The van der Waals surface area contributed by atoms with Crippen molar-refractivity contribution in [1.29, 1.82) is 0 Å². The molecular weight excluding hydrogens is 319 g/mol. The summed E-state index contributed by atoms with van der Waals surface area (Å²) in [5.41, 5.74) is 0.0673. The summed E-state index contributed by atoms with van der Waals surface area (Å²) >= 11 is 13.3. The maximum absolute atomic E-state index is 12.3. The van der Waals surface area contributed by atoms with E-state index in [9.17, 15) is 9.90 Å². The van der Waals surface area contributed by atoms with Crippen molar-refractivity contribution >= 4 is 40.4 Å². The van der Waals surface area contributed by atoms with E-state index in [4.69, 9.17) is 23.2 Å². The van der Waals surface area contributed by atoms with E-state index in [2.05, 4.69) is 4.98 Å². The third-order valence-electron chi connectivity index (χ3n) is 2.74. The molecule has 2 rings (SSSR count). The normalized spacial score (nSPS) is 10.6.